The molecule has 8 aromatic rings. The van der Waals surface area contributed by atoms with Crippen molar-refractivity contribution in [3.8, 4) is 34.5 Å². The minimum Gasteiger partial charge on any atom is -0.506 e. The van der Waals surface area contributed by atoms with E-state index in [9.17, 15) is 47.5 Å². The lowest BCUT2D eigenvalue weighted by Crippen LogP contribution is -2.05. The lowest BCUT2D eigenvalue weighted by atomic mass is 10.0. The highest BCUT2D eigenvalue weighted by atomic mass is 79.9. The molecule has 0 bridgehead atoms. The molecule has 0 saturated heterocycles. The van der Waals surface area contributed by atoms with E-state index in [4.69, 9.17) is 4.74 Å². The number of methoxy groups -OCH3 is 1. The maximum absolute atomic E-state index is 12.6. The number of hydrogen-bond donors (Lipinski definition) is 5. The van der Waals surface area contributed by atoms with Crippen molar-refractivity contribution >= 4 is 127 Å². The zero-order chi connectivity index (χ0) is 59.6. The Balaban J connectivity index is 0.000000199. The van der Waals surface area contributed by atoms with E-state index in [1.165, 1.54) is 41.0 Å². The lowest BCUT2D eigenvalue weighted by Gasteiger charge is -2.09. The molecule has 0 aliphatic heterocycles. The molecule has 0 aliphatic carbocycles. The van der Waals surface area contributed by atoms with Gasteiger partial charge in [0.25, 0.3) is 0 Å². The van der Waals surface area contributed by atoms with Crippen molar-refractivity contribution in [2.45, 2.75) is 77.7 Å². The summed E-state index contributed by atoms with van der Waals surface area (Å²) < 4.78 is 76.7. The highest BCUT2D eigenvalue weighted by molar-refractivity contribution is 9.12. The van der Waals surface area contributed by atoms with Gasteiger partial charge in [-0.05, 0) is 315 Å². The predicted molar refractivity (Wildman–Crippen MR) is 338 cm³/mol. The number of aryl methyl sites for hydroxylation is 9. The van der Waals surface area contributed by atoms with Crippen LogP contribution >= 0.6 is 127 Å². The van der Waals surface area contributed by atoms with Gasteiger partial charge in [-0.15, -0.1) is 0 Å². The fourth-order valence-corrected chi connectivity index (χ4v) is 13.0. The Morgan fingerprint density at radius 3 is 1.07 bits per heavy atom. The van der Waals surface area contributed by atoms with Crippen LogP contribution in [0.25, 0.3) is 0 Å². The SMILES string of the molecule is COc1cc(CO)cc(CCc2cc(Br)c(O)c(Br)c2)c1.Cc1cccc(CCc2cc(Br)c(O)c(Br)c2)c1.Oc1c(Br)cc(CCc2ccc(OC(F)F)cc2)cc1Br.Oc1c(Br)cc(CCc2cccc(C(F)(F)F)c2)cc1Br. The standard InChI is InChI=1S/C16H16Br2O3.C15H11Br2F3O.C15H12Br2F2O2.C15H14Br2O/c1-21-13-5-10(4-12(6-13)9-19)2-3-11-7-14(17)16(20)15(18)8-11;16-12-7-10(8-13(17)14(12)21)5-4-9-2-1-3-11(6-9)15(18,19)20;16-12-7-10(8-13(17)14(12)20)2-1-9-3-5-11(6-4-9)21-15(18)19;1-10-3-2-4-11(7-10)5-6-12-8-13(16)15(18)14(17)9-12/h4-8,19-20H,2-3,9H2,1H3;1-3,6-8,21H,4-5H2;3-8,15,20H,1-2H2;2-4,7-9,18H,5-6H2,1H3. The van der Waals surface area contributed by atoms with Crippen LogP contribution in [-0.2, 0) is 64.1 Å². The lowest BCUT2D eigenvalue weighted by molar-refractivity contribution is -0.137. The average Bonchev–Trinajstić information content (AvgIpc) is 3.44. The van der Waals surface area contributed by atoms with E-state index in [0.29, 0.717) is 45.2 Å². The van der Waals surface area contributed by atoms with Crippen molar-refractivity contribution in [3.63, 3.8) is 0 Å². The van der Waals surface area contributed by atoms with Crippen molar-refractivity contribution in [1.82, 2.24) is 0 Å². The summed E-state index contributed by atoms with van der Waals surface area (Å²) in [5, 5.41) is 47.9. The van der Waals surface area contributed by atoms with Crippen molar-refractivity contribution < 1.29 is 57.0 Å². The zero-order valence-electron chi connectivity index (χ0n) is 43.2. The molecule has 0 aliphatic rings. The van der Waals surface area contributed by atoms with Gasteiger partial charge in [-0.2, -0.15) is 22.0 Å². The second-order valence-corrected chi connectivity index (χ2v) is 25.0. The molecule has 0 radical (unpaired) electrons. The summed E-state index contributed by atoms with van der Waals surface area (Å²) in [4.78, 5) is 0. The first-order chi connectivity index (χ1) is 38.3. The third kappa shape index (κ3) is 22.5. The summed E-state index contributed by atoms with van der Waals surface area (Å²) >= 11 is 26.4. The van der Waals surface area contributed by atoms with Crippen molar-refractivity contribution in [2.75, 3.05) is 7.11 Å². The topological polar surface area (TPSA) is 120 Å². The summed E-state index contributed by atoms with van der Waals surface area (Å²) in [5.74, 6) is 1.66. The smallest absolute Gasteiger partial charge is 0.416 e. The molecule has 0 amide bonds. The Bertz CT molecular complexity index is 3250. The molecule has 5 N–H and O–H groups in total. The largest absolute Gasteiger partial charge is 0.506 e. The second kappa shape index (κ2) is 32.9. The van der Waals surface area contributed by atoms with E-state index in [1.807, 2.05) is 54.6 Å². The van der Waals surface area contributed by atoms with Gasteiger partial charge in [0, 0.05) is 0 Å². The maximum atomic E-state index is 12.6. The molecule has 0 heterocycles. The van der Waals surface area contributed by atoms with Crippen molar-refractivity contribution in [2.24, 2.45) is 0 Å². The Morgan fingerprint density at radius 1 is 0.395 bits per heavy atom. The molecule has 0 saturated carbocycles. The number of benzene rings is 8. The van der Waals surface area contributed by atoms with Crippen LogP contribution in [0.5, 0.6) is 34.5 Å². The molecule has 7 nitrogen and oxygen atoms in total. The van der Waals surface area contributed by atoms with Gasteiger partial charge >= 0.3 is 12.8 Å². The molecule has 8 aromatic carbocycles. The van der Waals surface area contributed by atoms with Gasteiger partial charge in [0.2, 0.25) is 0 Å². The highest BCUT2D eigenvalue weighted by Gasteiger charge is 2.30. The molecule has 0 atom stereocenters. The molecule has 0 spiro atoms. The normalized spacial score (nSPS) is 11.0. The first-order valence-electron chi connectivity index (χ1n) is 24.5. The van der Waals surface area contributed by atoms with E-state index in [0.717, 1.165) is 92.7 Å². The summed E-state index contributed by atoms with van der Waals surface area (Å²) in [5.41, 5.74) is 9.90. The molecular weight excluding hydrogens is 1580 g/mol. The van der Waals surface area contributed by atoms with Gasteiger partial charge in [0.05, 0.1) is 55.1 Å². The Hall–Kier alpha value is -3.99. The third-order valence-corrected chi connectivity index (χ3v) is 16.9. The molecule has 0 aromatic heterocycles. The van der Waals surface area contributed by atoms with Crippen LogP contribution in [0, 0.1) is 6.92 Å². The summed E-state index contributed by atoms with van der Waals surface area (Å²) in [7, 11) is 1.62. The molecule has 20 heteroatoms. The highest BCUT2D eigenvalue weighted by Crippen LogP contribution is 2.38. The van der Waals surface area contributed by atoms with Crippen LogP contribution in [0.3, 0.4) is 0 Å². The Morgan fingerprint density at radius 2 is 0.728 bits per heavy atom. The van der Waals surface area contributed by atoms with E-state index in [-0.39, 0.29) is 35.4 Å². The van der Waals surface area contributed by atoms with Gasteiger partial charge < -0.3 is 35.0 Å². The summed E-state index contributed by atoms with van der Waals surface area (Å²) in [6.45, 7) is -0.694. The number of phenolic OH excluding ortho intramolecular Hbond substituents is 4. The molecule has 430 valence electrons. The average molecular weight is 1630 g/mol. The third-order valence-electron chi connectivity index (χ3n) is 12.0. The van der Waals surface area contributed by atoms with Gasteiger partial charge in [0.15, 0.2) is 0 Å². The Labute approximate surface area is 535 Å². The number of aromatic hydroxyl groups is 4. The van der Waals surface area contributed by atoms with Crippen LogP contribution in [0.4, 0.5) is 22.0 Å². The number of alkyl halides is 5. The minimum absolute atomic E-state index is 0.000502. The number of phenols is 4. The van der Waals surface area contributed by atoms with E-state index in [1.54, 1.807) is 37.4 Å². The van der Waals surface area contributed by atoms with Crippen molar-refractivity contribution in [1.29, 1.82) is 0 Å². The number of rotatable bonds is 16. The molecule has 0 fully saturated rings. The van der Waals surface area contributed by atoms with Crippen LogP contribution in [0.1, 0.15) is 61.2 Å². The van der Waals surface area contributed by atoms with Gasteiger partial charge in [-0.25, -0.2) is 0 Å². The van der Waals surface area contributed by atoms with Gasteiger partial charge in [0.1, 0.15) is 34.5 Å². The fraction of sp³-hybridized carbons (Fsp3) is 0.213. The number of halogens is 13. The van der Waals surface area contributed by atoms with E-state index >= 15 is 0 Å². The van der Waals surface area contributed by atoms with Gasteiger partial charge in [-0.3, -0.25) is 0 Å². The first-order valence-corrected chi connectivity index (χ1v) is 30.9. The van der Waals surface area contributed by atoms with Crippen LogP contribution in [0.2, 0.25) is 0 Å². The fourth-order valence-electron chi connectivity index (χ4n) is 7.89. The van der Waals surface area contributed by atoms with Gasteiger partial charge in [-0.1, -0.05) is 66.2 Å². The maximum Gasteiger partial charge on any atom is 0.416 e. The van der Waals surface area contributed by atoms with Crippen LogP contribution in [-0.4, -0.2) is 39.3 Å². The molecule has 0 unspecified atom stereocenters. The molecule has 8 rings (SSSR count). The second-order valence-electron chi connectivity index (χ2n) is 18.2. The first kappa shape index (κ1) is 67.8. The monoisotopic (exact) mass is 1620 g/mol. The molecular formula is C61H53Br8F5O7. The molecule has 81 heavy (non-hydrogen) atoms. The minimum atomic E-state index is -4.32. The summed E-state index contributed by atoms with van der Waals surface area (Å²) in [6.07, 6.45) is 1.91. The van der Waals surface area contributed by atoms with E-state index in [2.05, 4.69) is 163 Å². The Kier molecular flexibility index (Phi) is 27.5. The van der Waals surface area contributed by atoms with Crippen LogP contribution < -0.4 is 9.47 Å². The summed E-state index contributed by atoms with van der Waals surface area (Å²) in [6, 6.07) is 41.3. The number of aliphatic hydroxyl groups is 1. The predicted octanol–water partition coefficient (Wildman–Crippen LogP) is 20.2. The van der Waals surface area contributed by atoms with E-state index < -0.39 is 18.4 Å². The number of ether oxygens (including phenoxy) is 2. The number of hydrogen-bond acceptors (Lipinski definition) is 7. The zero-order valence-corrected chi connectivity index (χ0v) is 55.9. The number of aliphatic hydroxyl groups excluding tert-OH is 1. The van der Waals surface area contributed by atoms with Crippen LogP contribution in [0.15, 0.2) is 175 Å². The quantitative estimate of drug-likeness (QED) is 0.0611. The van der Waals surface area contributed by atoms with Crippen molar-refractivity contribution in [3.05, 3.63) is 237 Å².